The average molecular weight is 342 g/mol. The van der Waals surface area contributed by atoms with Crippen molar-refractivity contribution in [2.45, 2.75) is 19.4 Å². The van der Waals surface area contributed by atoms with Crippen molar-refractivity contribution in [1.82, 2.24) is 14.5 Å². The second kappa shape index (κ2) is 7.91. The minimum absolute atomic E-state index is 0.00947. The number of carboxylic acids is 1. The first-order valence-electron chi connectivity index (χ1n) is 7.49. The van der Waals surface area contributed by atoms with E-state index < -0.39 is 5.97 Å². The number of aliphatic carboxylic acids is 1. The van der Waals surface area contributed by atoms with E-state index in [2.05, 4.69) is 16.5 Å². The molecule has 0 unspecified atom stereocenters. The number of allylic oxidation sites excluding steroid dienone is 2. The summed E-state index contributed by atoms with van der Waals surface area (Å²) in [7, 11) is 0. The molecule has 2 aromatic rings. The lowest BCUT2D eigenvalue weighted by atomic mass is 10.1. The van der Waals surface area contributed by atoms with Crippen molar-refractivity contribution in [1.29, 1.82) is 0 Å². The standard InChI is InChI=1S/C17H18N4O4/c1-2-4-13(22)16-12(10-19-17(18)20-16)11-6-8-21(14(23)9-11)7-3-5-15(24)25/h2,4,6,8-10,22H,1,3,5,7H2,(H,24,25)(H2,18,19,20)/b13-4-. The number of carboxylic acid groups (broad SMARTS) is 1. The molecule has 0 aliphatic rings. The van der Waals surface area contributed by atoms with E-state index in [-0.39, 0.29) is 29.4 Å². The molecule has 2 rings (SSSR count). The molecule has 0 amide bonds. The number of nitrogen functional groups attached to an aromatic ring is 1. The summed E-state index contributed by atoms with van der Waals surface area (Å²) < 4.78 is 1.42. The van der Waals surface area contributed by atoms with E-state index in [1.807, 2.05) is 0 Å². The van der Waals surface area contributed by atoms with Crippen molar-refractivity contribution in [3.05, 3.63) is 59.3 Å². The Hall–Kier alpha value is -3.42. The van der Waals surface area contributed by atoms with Gasteiger partial charge in [-0.05, 0) is 24.1 Å². The Bertz CT molecular complexity index is 886. The third-order valence-corrected chi connectivity index (χ3v) is 3.42. The second-order valence-corrected chi connectivity index (χ2v) is 5.22. The van der Waals surface area contributed by atoms with Crippen molar-refractivity contribution in [3.63, 3.8) is 0 Å². The molecule has 8 heteroatoms. The van der Waals surface area contributed by atoms with E-state index >= 15 is 0 Å². The Morgan fingerprint density at radius 1 is 1.40 bits per heavy atom. The van der Waals surface area contributed by atoms with Crippen LogP contribution in [0.2, 0.25) is 0 Å². The summed E-state index contributed by atoms with van der Waals surface area (Å²) in [5.74, 6) is -1.06. The highest BCUT2D eigenvalue weighted by atomic mass is 16.4. The number of aliphatic hydroxyl groups excluding tert-OH is 1. The van der Waals surface area contributed by atoms with Gasteiger partial charge in [0.05, 0.1) is 0 Å². The number of nitrogens with zero attached hydrogens (tertiary/aromatic N) is 3. The number of aryl methyl sites for hydroxylation is 1. The monoisotopic (exact) mass is 342 g/mol. The number of rotatable bonds is 7. The predicted molar refractivity (Wildman–Crippen MR) is 93.8 cm³/mol. The normalized spacial score (nSPS) is 11.3. The summed E-state index contributed by atoms with van der Waals surface area (Å²) in [5.41, 5.74) is 6.43. The molecule has 0 fully saturated rings. The van der Waals surface area contributed by atoms with Gasteiger partial charge < -0.3 is 20.5 Å². The van der Waals surface area contributed by atoms with Crippen molar-refractivity contribution >= 4 is 17.7 Å². The average Bonchev–Trinajstić information content (AvgIpc) is 2.56. The highest BCUT2D eigenvalue weighted by Crippen LogP contribution is 2.25. The van der Waals surface area contributed by atoms with Crippen LogP contribution >= 0.6 is 0 Å². The van der Waals surface area contributed by atoms with E-state index in [9.17, 15) is 14.7 Å². The molecular weight excluding hydrogens is 324 g/mol. The predicted octanol–water partition coefficient (Wildman–Crippen LogP) is 1.84. The topological polar surface area (TPSA) is 131 Å². The van der Waals surface area contributed by atoms with Gasteiger partial charge in [-0.2, -0.15) is 0 Å². The van der Waals surface area contributed by atoms with Crippen molar-refractivity contribution in [3.8, 4) is 11.1 Å². The number of aromatic nitrogens is 3. The minimum Gasteiger partial charge on any atom is -0.506 e. The maximum atomic E-state index is 12.2. The zero-order chi connectivity index (χ0) is 18.4. The first kappa shape index (κ1) is 17.9. The third kappa shape index (κ3) is 4.54. The highest BCUT2D eigenvalue weighted by Gasteiger charge is 2.13. The van der Waals surface area contributed by atoms with Crippen LogP contribution in [0.5, 0.6) is 0 Å². The van der Waals surface area contributed by atoms with E-state index in [0.29, 0.717) is 24.1 Å². The summed E-state index contributed by atoms with van der Waals surface area (Å²) in [6.45, 7) is 3.82. The first-order chi connectivity index (χ1) is 11.9. The summed E-state index contributed by atoms with van der Waals surface area (Å²) in [5, 5.41) is 18.7. The minimum atomic E-state index is -0.905. The molecule has 4 N–H and O–H groups in total. The Balaban J connectivity index is 2.38. The summed E-state index contributed by atoms with van der Waals surface area (Å²) in [6.07, 6.45) is 6.09. The summed E-state index contributed by atoms with van der Waals surface area (Å²) in [6, 6.07) is 3.04. The summed E-state index contributed by atoms with van der Waals surface area (Å²) in [4.78, 5) is 30.7. The Morgan fingerprint density at radius 2 is 2.16 bits per heavy atom. The molecule has 0 bridgehead atoms. The summed E-state index contributed by atoms with van der Waals surface area (Å²) >= 11 is 0. The lowest BCUT2D eigenvalue weighted by Gasteiger charge is -2.10. The molecule has 8 nitrogen and oxygen atoms in total. The number of pyridine rings is 1. The van der Waals surface area contributed by atoms with Gasteiger partial charge in [-0.1, -0.05) is 12.7 Å². The van der Waals surface area contributed by atoms with Crippen LogP contribution in [0.1, 0.15) is 18.5 Å². The van der Waals surface area contributed by atoms with Crippen LogP contribution in [0, 0.1) is 0 Å². The Kier molecular flexibility index (Phi) is 5.67. The number of anilines is 1. The fraction of sp³-hybridized carbons (Fsp3) is 0.176. The van der Waals surface area contributed by atoms with E-state index in [4.69, 9.17) is 10.8 Å². The number of nitrogens with two attached hydrogens (primary N) is 1. The van der Waals surface area contributed by atoms with Crippen LogP contribution in [-0.2, 0) is 11.3 Å². The second-order valence-electron chi connectivity index (χ2n) is 5.22. The van der Waals surface area contributed by atoms with Gasteiger partial charge in [-0.15, -0.1) is 0 Å². The number of carbonyl (C=O) groups is 1. The van der Waals surface area contributed by atoms with Crippen molar-refractivity contribution in [2.75, 3.05) is 5.73 Å². The van der Waals surface area contributed by atoms with Crippen molar-refractivity contribution in [2.24, 2.45) is 0 Å². The van der Waals surface area contributed by atoms with Crippen LogP contribution < -0.4 is 11.3 Å². The van der Waals surface area contributed by atoms with Gasteiger partial charge >= 0.3 is 5.97 Å². The largest absolute Gasteiger partial charge is 0.506 e. The highest BCUT2D eigenvalue weighted by molar-refractivity contribution is 5.76. The van der Waals surface area contributed by atoms with E-state index in [1.54, 1.807) is 12.3 Å². The molecule has 0 radical (unpaired) electrons. The molecule has 0 aromatic carbocycles. The molecule has 2 aromatic heterocycles. The molecule has 0 aliphatic carbocycles. The molecule has 25 heavy (non-hydrogen) atoms. The van der Waals surface area contributed by atoms with E-state index in [0.717, 1.165) is 0 Å². The lowest BCUT2D eigenvalue weighted by molar-refractivity contribution is -0.137. The molecule has 0 saturated heterocycles. The molecule has 0 saturated carbocycles. The number of aliphatic hydroxyl groups is 1. The fourth-order valence-electron chi connectivity index (χ4n) is 2.25. The van der Waals surface area contributed by atoms with Crippen LogP contribution in [-0.4, -0.2) is 30.7 Å². The van der Waals surface area contributed by atoms with E-state index in [1.165, 1.54) is 29.0 Å². The van der Waals surface area contributed by atoms with Crippen molar-refractivity contribution < 1.29 is 15.0 Å². The zero-order valence-corrected chi connectivity index (χ0v) is 13.4. The number of hydrogen-bond acceptors (Lipinski definition) is 6. The maximum absolute atomic E-state index is 12.2. The molecule has 0 spiro atoms. The SMILES string of the molecule is C=C/C=C(\O)c1nc(N)ncc1-c1ccn(CCCC(=O)O)c(=O)c1. The fourth-order valence-corrected chi connectivity index (χ4v) is 2.25. The molecule has 2 heterocycles. The lowest BCUT2D eigenvalue weighted by Crippen LogP contribution is -2.19. The Morgan fingerprint density at radius 3 is 2.80 bits per heavy atom. The first-order valence-corrected chi connectivity index (χ1v) is 7.49. The van der Waals surface area contributed by atoms with Gasteiger partial charge in [0.2, 0.25) is 5.95 Å². The van der Waals surface area contributed by atoms with Gasteiger partial charge in [0.1, 0.15) is 11.5 Å². The molecule has 130 valence electrons. The van der Waals surface area contributed by atoms with Crippen LogP contribution in [0.25, 0.3) is 16.9 Å². The molecular formula is C17H18N4O4. The van der Waals surface area contributed by atoms with Gasteiger partial charge in [-0.3, -0.25) is 9.59 Å². The van der Waals surface area contributed by atoms with Crippen LogP contribution in [0.15, 0.2) is 48.1 Å². The maximum Gasteiger partial charge on any atom is 0.303 e. The Labute approximate surface area is 143 Å². The zero-order valence-electron chi connectivity index (χ0n) is 13.4. The van der Waals surface area contributed by atoms with Crippen LogP contribution in [0.3, 0.4) is 0 Å². The quantitative estimate of drug-likeness (QED) is 0.516. The number of hydrogen-bond donors (Lipinski definition) is 3. The van der Waals surface area contributed by atoms with Gasteiger partial charge in [0, 0.05) is 37.0 Å². The van der Waals surface area contributed by atoms with Gasteiger partial charge in [0.25, 0.3) is 5.56 Å². The molecule has 0 atom stereocenters. The van der Waals surface area contributed by atoms with Gasteiger partial charge in [-0.25, -0.2) is 9.97 Å². The molecule has 0 aliphatic heterocycles. The smallest absolute Gasteiger partial charge is 0.303 e. The third-order valence-electron chi connectivity index (χ3n) is 3.42. The van der Waals surface area contributed by atoms with Gasteiger partial charge in [0.15, 0.2) is 0 Å². The van der Waals surface area contributed by atoms with Crippen LogP contribution in [0.4, 0.5) is 5.95 Å².